The third kappa shape index (κ3) is 5.88. The van der Waals surface area contributed by atoms with Crippen molar-refractivity contribution in [2.45, 2.75) is 12.9 Å². The highest BCUT2D eigenvalue weighted by atomic mass is 19.4. The number of alkyl halides is 3. The summed E-state index contributed by atoms with van der Waals surface area (Å²) in [5.74, 6) is 3.96. The van der Waals surface area contributed by atoms with E-state index in [0.717, 1.165) is 0 Å². The average Bonchev–Trinajstić information content (AvgIpc) is 2.86. The highest BCUT2D eigenvalue weighted by Crippen LogP contribution is 2.35. The van der Waals surface area contributed by atoms with Crippen LogP contribution in [0.1, 0.15) is 11.1 Å². The lowest BCUT2D eigenvalue weighted by molar-refractivity contribution is -0.274. The summed E-state index contributed by atoms with van der Waals surface area (Å²) in [5.41, 5.74) is 2.50. The summed E-state index contributed by atoms with van der Waals surface area (Å²) in [7, 11) is 3.05. The van der Waals surface area contributed by atoms with Gasteiger partial charge in [0, 0.05) is 29.2 Å². The second-order valence-corrected chi connectivity index (χ2v) is 7.52. The number of hydrogen-bond acceptors (Lipinski definition) is 7. The van der Waals surface area contributed by atoms with Crippen molar-refractivity contribution in [3.05, 3.63) is 71.8 Å². The Kier molecular flexibility index (Phi) is 7.01. The van der Waals surface area contributed by atoms with Crippen LogP contribution in [0.4, 0.5) is 30.6 Å². The van der Waals surface area contributed by atoms with Gasteiger partial charge in [0.25, 0.3) is 0 Å². The molecule has 36 heavy (non-hydrogen) atoms. The maximum absolute atomic E-state index is 12.6. The predicted octanol–water partition coefficient (Wildman–Crippen LogP) is 5.88. The maximum atomic E-state index is 12.6. The number of rotatable bonds is 8. The first kappa shape index (κ1) is 24.5. The van der Waals surface area contributed by atoms with E-state index < -0.39 is 6.36 Å². The van der Waals surface area contributed by atoms with Gasteiger partial charge in [-0.3, -0.25) is 0 Å². The van der Waals surface area contributed by atoms with Crippen LogP contribution in [0.25, 0.3) is 10.9 Å². The van der Waals surface area contributed by atoms with E-state index in [9.17, 15) is 13.2 Å². The lowest BCUT2D eigenvalue weighted by Crippen LogP contribution is -2.17. The molecule has 0 saturated heterocycles. The van der Waals surface area contributed by atoms with Crippen molar-refractivity contribution in [3.63, 3.8) is 0 Å². The molecular weight excluding hydrogens is 473 g/mol. The number of nitrogens with one attached hydrogen (secondary N) is 2. The molecule has 2 N–H and O–H groups in total. The number of halogens is 3. The molecule has 1 heterocycles. The first-order valence-corrected chi connectivity index (χ1v) is 10.6. The van der Waals surface area contributed by atoms with Crippen LogP contribution < -0.4 is 24.8 Å². The maximum Gasteiger partial charge on any atom is 0.573 e. The average molecular weight is 494 g/mol. The summed E-state index contributed by atoms with van der Waals surface area (Å²) < 4.78 is 52.5. The highest BCUT2D eigenvalue weighted by Gasteiger charge is 2.31. The Hall–Kier alpha value is -4.65. The first-order chi connectivity index (χ1) is 17.3. The van der Waals surface area contributed by atoms with E-state index in [2.05, 4.69) is 31.3 Å². The van der Waals surface area contributed by atoms with Gasteiger partial charge in [0.05, 0.1) is 19.7 Å². The van der Waals surface area contributed by atoms with Gasteiger partial charge in [0.2, 0.25) is 5.95 Å². The van der Waals surface area contributed by atoms with E-state index in [4.69, 9.17) is 15.9 Å². The summed E-state index contributed by atoms with van der Waals surface area (Å²) in [5, 5.41) is 6.97. The molecule has 0 saturated carbocycles. The van der Waals surface area contributed by atoms with Gasteiger partial charge >= 0.3 is 6.36 Å². The molecule has 4 aromatic rings. The lowest BCUT2D eigenvalue weighted by atomic mass is 10.2. The third-order valence-electron chi connectivity index (χ3n) is 5.08. The van der Waals surface area contributed by atoms with Gasteiger partial charge in [-0.1, -0.05) is 24.1 Å². The van der Waals surface area contributed by atoms with Crippen molar-refractivity contribution in [3.8, 4) is 29.6 Å². The van der Waals surface area contributed by atoms with E-state index in [1.54, 1.807) is 30.3 Å². The number of aromatic nitrogens is 2. The monoisotopic (exact) mass is 494 g/mol. The van der Waals surface area contributed by atoms with Gasteiger partial charge in [-0.2, -0.15) is 4.98 Å². The van der Waals surface area contributed by atoms with Crippen LogP contribution >= 0.6 is 0 Å². The zero-order chi connectivity index (χ0) is 25.7. The number of anilines is 3. The van der Waals surface area contributed by atoms with Gasteiger partial charge in [-0.25, -0.2) is 4.98 Å². The van der Waals surface area contributed by atoms with Gasteiger partial charge in [-0.05, 0) is 42.0 Å². The summed E-state index contributed by atoms with van der Waals surface area (Å²) in [6.45, 7) is 0.153. The Bertz CT molecular complexity index is 1430. The van der Waals surface area contributed by atoms with E-state index >= 15 is 0 Å². The van der Waals surface area contributed by atoms with Crippen LogP contribution in [0.15, 0.2) is 60.7 Å². The van der Waals surface area contributed by atoms with Crippen LogP contribution in [-0.4, -0.2) is 30.5 Å². The molecule has 3 aromatic carbocycles. The normalized spacial score (nSPS) is 11.0. The van der Waals surface area contributed by atoms with Crippen molar-refractivity contribution in [1.29, 1.82) is 0 Å². The van der Waals surface area contributed by atoms with Crippen LogP contribution in [0.5, 0.6) is 17.2 Å². The fourth-order valence-electron chi connectivity index (χ4n) is 3.49. The summed E-state index contributed by atoms with van der Waals surface area (Å²) >= 11 is 0. The van der Waals surface area contributed by atoms with Gasteiger partial charge in [0.1, 0.15) is 11.6 Å². The zero-order valence-electron chi connectivity index (χ0n) is 19.3. The second-order valence-electron chi connectivity index (χ2n) is 7.52. The van der Waals surface area contributed by atoms with E-state index in [1.807, 2.05) is 12.1 Å². The molecule has 0 aliphatic heterocycles. The largest absolute Gasteiger partial charge is 0.573 e. The van der Waals surface area contributed by atoms with Crippen LogP contribution in [-0.2, 0) is 6.54 Å². The molecular formula is C26H21F3N4O3. The minimum absolute atomic E-state index is 0.153. The molecule has 0 fully saturated rings. The van der Waals surface area contributed by atoms with Gasteiger partial charge in [-0.15, -0.1) is 19.6 Å². The Morgan fingerprint density at radius 2 is 1.69 bits per heavy atom. The quantitative estimate of drug-likeness (QED) is 0.296. The minimum atomic E-state index is -4.77. The van der Waals surface area contributed by atoms with Crippen LogP contribution in [0.3, 0.4) is 0 Å². The summed E-state index contributed by atoms with van der Waals surface area (Å²) in [4.78, 5) is 9.14. The second kappa shape index (κ2) is 10.3. The Morgan fingerprint density at radius 3 is 2.42 bits per heavy atom. The Morgan fingerprint density at radius 1 is 0.944 bits per heavy atom. The molecule has 0 amide bonds. The fraction of sp³-hybridized carbons (Fsp3) is 0.154. The molecule has 4 rings (SSSR count). The number of hydrogen-bond donors (Lipinski definition) is 2. The molecule has 0 atom stereocenters. The smallest absolute Gasteiger partial charge is 0.493 e. The Labute approximate surface area is 205 Å². The minimum Gasteiger partial charge on any atom is -0.493 e. The predicted molar refractivity (Wildman–Crippen MR) is 131 cm³/mol. The molecule has 0 aliphatic rings. The number of benzene rings is 3. The summed E-state index contributed by atoms with van der Waals surface area (Å²) in [6, 6.07) is 16.4. The molecule has 0 aliphatic carbocycles. The van der Waals surface area contributed by atoms with Crippen molar-refractivity contribution < 1.29 is 27.4 Å². The molecule has 7 nitrogen and oxygen atoms in total. The molecule has 0 bridgehead atoms. The number of methoxy groups -OCH3 is 2. The molecule has 184 valence electrons. The topological polar surface area (TPSA) is 77.5 Å². The van der Waals surface area contributed by atoms with Crippen molar-refractivity contribution in [2.75, 3.05) is 24.9 Å². The fourth-order valence-corrected chi connectivity index (χ4v) is 3.49. The van der Waals surface area contributed by atoms with Crippen molar-refractivity contribution in [2.24, 2.45) is 0 Å². The zero-order valence-corrected chi connectivity index (χ0v) is 19.3. The SMILES string of the molecule is C#Cc1cccc(Nc2nc(NCc3cccc(OC(F)(F)F)c3)nc3cc(OC)c(OC)cc23)c1. The van der Waals surface area contributed by atoms with Gasteiger partial charge < -0.3 is 24.8 Å². The van der Waals surface area contributed by atoms with Crippen molar-refractivity contribution >= 4 is 28.4 Å². The molecule has 1 aromatic heterocycles. The van der Waals surface area contributed by atoms with E-state index in [0.29, 0.717) is 45.0 Å². The third-order valence-corrected chi connectivity index (χ3v) is 5.08. The number of terminal acetylenes is 1. The van der Waals surface area contributed by atoms with Crippen LogP contribution in [0.2, 0.25) is 0 Å². The lowest BCUT2D eigenvalue weighted by Gasteiger charge is -2.15. The Balaban J connectivity index is 1.69. The number of nitrogens with zero attached hydrogens (tertiary/aromatic N) is 2. The number of fused-ring (bicyclic) bond motifs is 1. The number of ether oxygens (including phenoxy) is 3. The molecule has 0 spiro atoms. The highest BCUT2D eigenvalue weighted by molar-refractivity contribution is 5.94. The van der Waals surface area contributed by atoms with E-state index in [-0.39, 0.29) is 18.2 Å². The standard InChI is InChI=1S/C26H21F3N4O3/c1-4-16-7-5-9-18(11-16)31-24-20-13-22(34-2)23(35-3)14-21(20)32-25(33-24)30-15-17-8-6-10-19(12-17)36-26(27,28)29/h1,5-14H,15H2,2-3H3,(H2,30,31,32,33). The molecule has 10 heteroatoms. The summed E-state index contributed by atoms with van der Waals surface area (Å²) in [6.07, 6.45) is 0.748. The van der Waals surface area contributed by atoms with Crippen molar-refractivity contribution in [1.82, 2.24) is 9.97 Å². The van der Waals surface area contributed by atoms with E-state index in [1.165, 1.54) is 32.4 Å². The molecule has 0 radical (unpaired) electrons. The van der Waals surface area contributed by atoms with Crippen LogP contribution in [0, 0.1) is 12.3 Å². The van der Waals surface area contributed by atoms with Gasteiger partial charge in [0.15, 0.2) is 11.5 Å². The first-order valence-electron chi connectivity index (χ1n) is 10.6. The molecule has 0 unspecified atom stereocenters.